The van der Waals surface area contributed by atoms with Gasteiger partial charge in [-0.1, -0.05) is 18.7 Å². The highest BCUT2D eigenvalue weighted by Gasteiger charge is 2.08. The summed E-state index contributed by atoms with van der Waals surface area (Å²) < 4.78 is 11.1. The number of aliphatic carboxylic acids is 1. The Hall–Kier alpha value is -2.23. The summed E-state index contributed by atoms with van der Waals surface area (Å²) in [6.45, 7) is 7.91. The molecule has 1 N–H and O–H groups in total. The highest BCUT2D eigenvalue weighted by molar-refractivity contribution is 5.85. The third kappa shape index (κ3) is 4.87. The van der Waals surface area contributed by atoms with Gasteiger partial charge >= 0.3 is 5.97 Å². The van der Waals surface area contributed by atoms with Crippen LogP contribution in [0, 0.1) is 0 Å². The fraction of sp³-hybridized carbons (Fsp3) is 0.267. The van der Waals surface area contributed by atoms with E-state index >= 15 is 0 Å². The van der Waals surface area contributed by atoms with Gasteiger partial charge in [-0.15, -0.1) is 0 Å². The minimum atomic E-state index is -0.987. The van der Waals surface area contributed by atoms with Crippen molar-refractivity contribution in [1.82, 2.24) is 0 Å². The fourth-order valence-corrected chi connectivity index (χ4v) is 1.41. The first-order chi connectivity index (χ1) is 9.06. The van der Waals surface area contributed by atoms with Gasteiger partial charge in [0.2, 0.25) is 0 Å². The Morgan fingerprint density at radius 1 is 1.47 bits per heavy atom. The molecule has 102 valence electrons. The summed E-state index contributed by atoms with van der Waals surface area (Å²) in [4.78, 5) is 10.5. The topological polar surface area (TPSA) is 55.8 Å². The minimum Gasteiger partial charge on any atom is -0.490 e. The summed E-state index contributed by atoms with van der Waals surface area (Å²) in [6.07, 6.45) is 4.15. The molecular formula is C15H18O4. The van der Waals surface area contributed by atoms with Crippen molar-refractivity contribution in [2.24, 2.45) is 0 Å². The van der Waals surface area contributed by atoms with Gasteiger partial charge in [0.25, 0.3) is 0 Å². The Kier molecular flexibility index (Phi) is 5.67. The van der Waals surface area contributed by atoms with E-state index in [0.717, 1.165) is 11.6 Å². The monoisotopic (exact) mass is 262 g/mol. The Labute approximate surface area is 113 Å². The maximum absolute atomic E-state index is 10.5. The van der Waals surface area contributed by atoms with Crippen molar-refractivity contribution in [1.29, 1.82) is 0 Å². The van der Waals surface area contributed by atoms with Crippen LogP contribution in [0.2, 0.25) is 0 Å². The van der Waals surface area contributed by atoms with Crippen LogP contribution in [-0.4, -0.2) is 23.8 Å². The van der Waals surface area contributed by atoms with Crippen molar-refractivity contribution in [2.75, 3.05) is 6.61 Å². The highest BCUT2D eigenvalue weighted by Crippen LogP contribution is 2.30. The Balaban J connectivity index is 2.99. The van der Waals surface area contributed by atoms with Crippen LogP contribution in [0.4, 0.5) is 0 Å². The van der Waals surface area contributed by atoms with Crippen LogP contribution in [0.25, 0.3) is 6.08 Å². The van der Waals surface area contributed by atoms with E-state index in [2.05, 4.69) is 6.58 Å². The van der Waals surface area contributed by atoms with Crippen LogP contribution >= 0.6 is 0 Å². The van der Waals surface area contributed by atoms with E-state index in [-0.39, 0.29) is 6.10 Å². The van der Waals surface area contributed by atoms with E-state index in [9.17, 15) is 4.79 Å². The molecule has 0 radical (unpaired) electrons. The molecule has 4 heteroatoms. The van der Waals surface area contributed by atoms with Crippen LogP contribution in [0.1, 0.15) is 19.4 Å². The van der Waals surface area contributed by atoms with E-state index in [1.165, 1.54) is 6.08 Å². The average molecular weight is 262 g/mol. The van der Waals surface area contributed by atoms with Crippen LogP contribution in [-0.2, 0) is 4.79 Å². The molecule has 0 saturated carbocycles. The minimum absolute atomic E-state index is 0.125. The standard InChI is InChI=1S/C15H18O4/c1-4-11(3)19-13-8-6-12(7-9-15(16)17)10-14(13)18-5-2/h4,6-11H,1,5H2,2-3H3,(H,16,17). The molecule has 0 aliphatic carbocycles. The van der Waals surface area contributed by atoms with Crippen molar-refractivity contribution in [3.63, 3.8) is 0 Å². The number of benzene rings is 1. The number of ether oxygens (including phenoxy) is 2. The molecule has 1 aromatic carbocycles. The SMILES string of the molecule is C=CC(C)Oc1ccc(C=CC(=O)O)cc1OCC. The van der Waals surface area contributed by atoms with Crippen molar-refractivity contribution in [3.8, 4) is 11.5 Å². The van der Waals surface area contributed by atoms with E-state index in [4.69, 9.17) is 14.6 Å². The first-order valence-electron chi connectivity index (χ1n) is 6.04. The van der Waals surface area contributed by atoms with Gasteiger partial charge in [-0.3, -0.25) is 0 Å². The van der Waals surface area contributed by atoms with Crippen LogP contribution < -0.4 is 9.47 Å². The number of rotatable bonds is 7. The Morgan fingerprint density at radius 3 is 2.79 bits per heavy atom. The first-order valence-corrected chi connectivity index (χ1v) is 6.04. The molecule has 1 atom stereocenters. The molecule has 0 fully saturated rings. The van der Waals surface area contributed by atoms with Crippen molar-refractivity contribution in [3.05, 3.63) is 42.5 Å². The molecule has 19 heavy (non-hydrogen) atoms. The van der Waals surface area contributed by atoms with Gasteiger partial charge in [0.1, 0.15) is 6.10 Å². The van der Waals surface area contributed by atoms with Crippen LogP contribution in [0.15, 0.2) is 36.9 Å². The summed E-state index contributed by atoms with van der Waals surface area (Å²) in [5.74, 6) is 0.212. The van der Waals surface area contributed by atoms with Gasteiger partial charge < -0.3 is 14.6 Å². The summed E-state index contributed by atoms with van der Waals surface area (Å²) in [5, 5.41) is 8.60. The summed E-state index contributed by atoms with van der Waals surface area (Å²) in [6, 6.07) is 5.27. The normalized spacial score (nSPS) is 12.1. The second kappa shape index (κ2) is 7.26. The van der Waals surface area contributed by atoms with Gasteiger partial charge in [-0.05, 0) is 37.6 Å². The quantitative estimate of drug-likeness (QED) is 0.606. The van der Waals surface area contributed by atoms with Crippen molar-refractivity contribution >= 4 is 12.0 Å². The van der Waals surface area contributed by atoms with E-state index in [1.807, 2.05) is 13.8 Å². The largest absolute Gasteiger partial charge is 0.490 e. The highest BCUT2D eigenvalue weighted by atomic mass is 16.5. The number of carbonyl (C=O) groups is 1. The van der Waals surface area contributed by atoms with E-state index in [0.29, 0.717) is 18.1 Å². The zero-order valence-electron chi connectivity index (χ0n) is 11.1. The molecule has 0 heterocycles. The molecule has 0 spiro atoms. The van der Waals surface area contributed by atoms with Crippen LogP contribution in [0.3, 0.4) is 0 Å². The molecule has 0 saturated heterocycles. The van der Waals surface area contributed by atoms with Crippen molar-refractivity contribution in [2.45, 2.75) is 20.0 Å². The fourth-order valence-electron chi connectivity index (χ4n) is 1.41. The molecule has 0 aromatic heterocycles. The zero-order chi connectivity index (χ0) is 14.3. The lowest BCUT2D eigenvalue weighted by molar-refractivity contribution is -0.131. The van der Waals surface area contributed by atoms with Gasteiger partial charge in [-0.2, -0.15) is 0 Å². The third-order valence-electron chi connectivity index (χ3n) is 2.33. The number of carboxylic acid groups (broad SMARTS) is 1. The molecule has 0 aliphatic rings. The van der Waals surface area contributed by atoms with Crippen molar-refractivity contribution < 1.29 is 19.4 Å². The van der Waals surface area contributed by atoms with E-state index < -0.39 is 5.97 Å². The number of hydrogen-bond acceptors (Lipinski definition) is 3. The molecule has 1 unspecified atom stereocenters. The third-order valence-corrected chi connectivity index (χ3v) is 2.33. The number of carboxylic acids is 1. The molecule has 1 rings (SSSR count). The van der Waals surface area contributed by atoms with Gasteiger partial charge in [0.05, 0.1) is 6.61 Å². The average Bonchev–Trinajstić information content (AvgIpc) is 2.39. The summed E-state index contributed by atoms with van der Waals surface area (Å²) >= 11 is 0. The predicted molar refractivity (Wildman–Crippen MR) is 74.6 cm³/mol. The lowest BCUT2D eigenvalue weighted by Crippen LogP contribution is -2.08. The number of hydrogen-bond donors (Lipinski definition) is 1. The first kappa shape index (κ1) is 14.8. The van der Waals surface area contributed by atoms with E-state index in [1.54, 1.807) is 24.3 Å². The Morgan fingerprint density at radius 2 is 2.21 bits per heavy atom. The smallest absolute Gasteiger partial charge is 0.328 e. The van der Waals surface area contributed by atoms with Gasteiger partial charge in [0, 0.05) is 6.08 Å². The second-order valence-electron chi connectivity index (χ2n) is 3.87. The molecule has 0 amide bonds. The maximum atomic E-state index is 10.5. The lowest BCUT2D eigenvalue weighted by atomic mass is 10.2. The second-order valence-corrected chi connectivity index (χ2v) is 3.87. The predicted octanol–water partition coefficient (Wildman–Crippen LogP) is 3.14. The molecule has 0 aliphatic heterocycles. The lowest BCUT2D eigenvalue weighted by Gasteiger charge is -2.15. The molecule has 0 bridgehead atoms. The summed E-state index contributed by atoms with van der Waals surface area (Å²) in [7, 11) is 0. The molecule has 1 aromatic rings. The molecular weight excluding hydrogens is 244 g/mol. The summed E-state index contributed by atoms with van der Waals surface area (Å²) in [5.41, 5.74) is 0.740. The van der Waals surface area contributed by atoms with Gasteiger partial charge in [0.15, 0.2) is 11.5 Å². The Bertz CT molecular complexity index is 477. The van der Waals surface area contributed by atoms with Gasteiger partial charge in [-0.25, -0.2) is 4.79 Å². The maximum Gasteiger partial charge on any atom is 0.328 e. The zero-order valence-corrected chi connectivity index (χ0v) is 11.1. The molecule has 4 nitrogen and oxygen atoms in total. The van der Waals surface area contributed by atoms with Crippen LogP contribution in [0.5, 0.6) is 11.5 Å².